The summed E-state index contributed by atoms with van der Waals surface area (Å²) >= 11 is 0. The van der Waals surface area contributed by atoms with Crippen molar-refractivity contribution in [2.45, 2.75) is 33.8 Å². The van der Waals surface area contributed by atoms with Crippen molar-refractivity contribution in [1.82, 2.24) is 10.2 Å². The molecule has 0 spiro atoms. The summed E-state index contributed by atoms with van der Waals surface area (Å²) in [6, 6.07) is 5.04. The van der Waals surface area contributed by atoms with Gasteiger partial charge in [-0.05, 0) is 45.9 Å². The molecule has 0 aromatic heterocycles. The molecule has 0 saturated carbocycles. The van der Waals surface area contributed by atoms with Gasteiger partial charge in [0.2, 0.25) is 5.91 Å². The smallest absolute Gasteiger partial charge is 0.254 e. The molecule has 0 atom stereocenters. The summed E-state index contributed by atoms with van der Waals surface area (Å²) in [5.74, 6) is 0.701. The largest absolute Gasteiger partial charge is 0.493 e. The number of nitrogens with one attached hydrogen (secondary N) is 1. The number of hydrogen-bond donors (Lipinski definition) is 1. The number of benzene rings is 1. The Bertz CT molecular complexity index is 543. The lowest BCUT2D eigenvalue weighted by Gasteiger charge is -2.21. The van der Waals surface area contributed by atoms with Crippen LogP contribution in [0.25, 0.3) is 0 Å². The minimum Gasteiger partial charge on any atom is -0.493 e. The molecule has 6 nitrogen and oxygen atoms in total. The van der Waals surface area contributed by atoms with Gasteiger partial charge in [0.25, 0.3) is 5.91 Å². The quantitative estimate of drug-likeness (QED) is 0.796. The third-order valence-electron chi connectivity index (χ3n) is 3.15. The zero-order valence-corrected chi connectivity index (χ0v) is 14.5. The molecule has 0 aliphatic heterocycles. The van der Waals surface area contributed by atoms with E-state index in [9.17, 15) is 9.59 Å². The Kier molecular flexibility index (Phi) is 7.38. The molecule has 1 aromatic rings. The van der Waals surface area contributed by atoms with Crippen LogP contribution in [0, 0.1) is 0 Å². The fraction of sp³-hybridized carbons (Fsp3) is 0.529. The van der Waals surface area contributed by atoms with Gasteiger partial charge < -0.3 is 19.7 Å². The molecule has 0 saturated heterocycles. The van der Waals surface area contributed by atoms with E-state index >= 15 is 0 Å². The molecule has 2 amide bonds. The van der Waals surface area contributed by atoms with E-state index < -0.39 is 0 Å². The molecule has 0 aliphatic rings. The molecule has 0 aliphatic carbocycles. The van der Waals surface area contributed by atoms with Crippen molar-refractivity contribution in [3.05, 3.63) is 23.8 Å². The van der Waals surface area contributed by atoms with E-state index in [0.29, 0.717) is 30.2 Å². The van der Waals surface area contributed by atoms with Crippen LogP contribution in [0.1, 0.15) is 38.1 Å². The SMILES string of the molecule is CCNC(=O)CN(CC)C(=O)c1ccc(OC(C)C)c(OC)c1. The number of nitrogens with zero attached hydrogens (tertiary/aromatic N) is 1. The van der Waals surface area contributed by atoms with Crippen molar-refractivity contribution in [3.63, 3.8) is 0 Å². The minimum absolute atomic E-state index is 0.00957. The highest BCUT2D eigenvalue weighted by Gasteiger charge is 2.19. The van der Waals surface area contributed by atoms with E-state index in [4.69, 9.17) is 9.47 Å². The Morgan fingerprint density at radius 1 is 1.22 bits per heavy atom. The highest BCUT2D eigenvalue weighted by Crippen LogP contribution is 2.29. The number of carbonyl (C=O) groups excluding carboxylic acids is 2. The molecule has 1 N–H and O–H groups in total. The first-order valence-corrected chi connectivity index (χ1v) is 7.83. The summed E-state index contributed by atoms with van der Waals surface area (Å²) in [5, 5.41) is 2.69. The van der Waals surface area contributed by atoms with Crippen LogP contribution in [0.3, 0.4) is 0 Å². The molecule has 0 bridgehead atoms. The highest BCUT2D eigenvalue weighted by atomic mass is 16.5. The van der Waals surface area contributed by atoms with Crippen molar-refractivity contribution in [1.29, 1.82) is 0 Å². The average Bonchev–Trinajstić information content (AvgIpc) is 2.52. The fourth-order valence-corrected chi connectivity index (χ4v) is 2.09. The molecular formula is C17H26N2O4. The molecule has 1 aromatic carbocycles. The van der Waals surface area contributed by atoms with Crippen LogP contribution in [0.5, 0.6) is 11.5 Å². The van der Waals surface area contributed by atoms with Crippen LogP contribution in [-0.4, -0.2) is 49.6 Å². The second-order valence-electron chi connectivity index (χ2n) is 5.31. The van der Waals surface area contributed by atoms with Crippen LogP contribution in [0.15, 0.2) is 18.2 Å². The molecule has 0 radical (unpaired) electrons. The highest BCUT2D eigenvalue weighted by molar-refractivity contribution is 5.97. The summed E-state index contributed by atoms with van der Waals surface area (Å²) in [7, 11) is 1.53. The first-order valence-electron chi connectivity index (χ1n) is 7.83. The number of likely N-dealkylation sites (N-methyl/N-ethyl adjacent to an activating group) is 2. The van der Waals surface area contributed by atoms with E-state index in [2.05, 4.69) is 5.32 Å². The first-order chi connectivity index (χ1) is 10.9. The maximum Gasteiger partial charge on any atom is 0.254 e. The van der Waals surface area contributed by atoms with Gasteiger partial charge in [0, 0.05) is 18.7 Å². The van der Waals surface area contributed by atoms with E-state index in [0.717, 1.165) is 0 Å². The summed E-state index contributed by atoms with van der Waals surface area (Å²) in [6.45, 7) is 8.55. The number of methoxy groups -OCH3 is 1. The molecule has 23 heavy (non-hydrogen) atoms. The number of rotatable bonds is 8. The van der Waals surface area contributed by atoms with Crippen LogP contribution in [0.2, 0.25) is 0 Å². The zero-order chi connectivity index (χ0) is 17.4. The number of hydrogen-bond acceptors (Lipinski definition) is 4. The third-order valence-corrected chi connectivity index (χ3v) is 3.15. The molecular weight excluding hydrogens is 296 g/mol. The van der Waals surface area contributed by atoms with Crippen molar-refractivity contribution in [2.24, 2.45) is 0 Å². The van der Waals surface area contributed by atoms with Gasteiger partial charge in [0.05, 0.1) is 19.8 Å². The third kappa shape index (κ3) is 5.47. The fourth-order valence-electron chi connectivity index (χ4n) is 2.09. The van der Waals surface area contributed by atoms with Gasteiger partial charge >= 0.3 is 0 Å². The summed E-state index contributed by atoms with van der Waals surface area (Å²) < 4.78 is 10.9. The monoisotopic (exact) mass is 322 g/mol. The molecule has 0 unspecified atom stereocenters. The van der Waals surface area contributed by atoms with Gasteiger partial charge in [-0.15, -0.1) is 0 Å². The summed E-state index contributed by atoms with van der Waals surface area (Å²) in [4.78, 5) is 25.8. The Morgan fingerprint density at radius 2 is 1.91 bits per heavy atom. The Hall–Kier alpha value is -2.24. The van der Waals surface area contributed by atoms with Gasteiger partial charge in [-0.3, -0.25) is 9.59 Å². The average molecular weight is 322 g/mol. The van der Waals surface area contributed by atoms with Crippen LogP contribution >= 0.6 is 0 Å². The van der Waals surface area contributed by atoms with E-state index in [1.165, 1.54) is 12.0 Å². The molecule has 6 heteroatoms. The lowest BCUT2D eigenvalue weighted by atomic mass is 10.1. The summed E-state index contributed by atoms with van der Waals surface area (Å²) in [6.07, 6.45) is 0.00957. The summed E-state index contributed by atoms with van der Waals surface area (Å²) in [5.41, 5.74) is 0.462. The lowest BCUT2D eigenvalue weighted by molar-refractivity contribution is -0.121. The Morgan fingerprint density at radius 3 is 2.43 bits per heavy atom. The van der Waals surface area contributed by atoms with Crippen molar-refractivity contribution < 1.29 is 19.1 Å². The van der Waals surface area contributed by atoms with Gasteiger partial charge in [0.1, 0.15) is 0 Å². The predicted molar refractivity (Wildman–Crippen MR) is 89.0 cm³/mol. The zero-order valence-electron chi connectivity index (χ0n) is 14.5. The first kappa shape index (κ1) is 18.8. The van der Waals surface area contributed by atoms with E-state index in [1.54, 1.807) is 18.2 Å². The maximum absolute atomic E-state index is 12.6. The maximum atomic E-state index is 12.6. The Labute approximate surface area is 137 Å². The predicted octanol–water partition coefficient (Wildman–Crippen LogP) is 2.08. The minimum atomic E-state index is -0.215. The lowest BCUT2D eigenvalue weighted by Crippen LogP contribution is -2.40. The molecule has 0 heterocycles. The van der Waals surface area contributed by atoms with Crippen LogP contribution in [0.4, 0.5) is 0 Å². The second kappa shape index (κ2) is 9.02. The number of carbonyl (C=O) groups is 2. The molecule has 1 rings (SSSR count). The van der Waals surface area contributed by atoms with E-state index in [-0.39, 0.29) is 24.5 Å². The molecule has 0 fully saturated rings. The molecule has 128 valence electrons. The van der Waals surface area contributed by atoms with Gasteiger partial charge in [0.15, 0.2) is 11.5 Å². The second-order valence-corrected chi connectivity index (χ2v) is 5.31. The number of ether oxygens (including phenoxy) is 2. The topological polar surface area (TPSA) is 67.9 Å². The van der Waals surface area contributed by atoms with Gasteiger partial charge in [-0.1, -0.05) is 0 Å². The number of amides is 2. The van der Waals surface area contributed by atoms with Gasteiger partial charge in [-0.2, -0.15) is 0 Å². The van der Waals surface area contributed by atoms with Crippen LogP contribution < -0.4 is 14.8 Å². The Balaban J connectivity index is 2.95. The van der Waals surface area contributed by atoms with Crippen molar-refractivity contribution in [2.75, 3.05) is 26.7 Å². The van der Waals surface area contributed by atoms with E-state index in [1.807, 2.05) is 27.7 Å². The normalized spacial score (nSPS) is 10.3. The van der Waals surface area contributed by atoms with Crippen LogP contribution in [-0.2, 0) is 4.79 Å². The van der Waals surface area contributed by atoms with Gasteiger partial charge in [-0.25, -0.2) is 0 Å². The van der Waals surface area contributed by atoms with Crippen molar-refractivity contribution in [3.8, 4) is 11.5 Å². The standard InChI is InChI=1S/C17H26N2O4/c1-6-18-16(20)11-19(7-2)17(21)13-8-9-14(23-12(3)4)15(10-13)22-5/h8-10,12H,6-7,11H2,1-5H3,(H,18,20). The van der Waals surface area contributed by atoms with Crippen molar-refractivity contribution >= 4 is 11.8 Å².